The molecule has 1 fully saturated rings. The largest absolute Gasteiger partial charge is 0.497 e. The van der Waals surface area contributed by atoms with Gasteiger partial charge in [0.25, 0.3) is 11.4 Å². The van der Waals surface area contributed by atoms with Crippen LogP contribution in [0.25, 0.3) is 0 Å². The normalized spacial score (nSPS) is 19.2. The molecule has 1 N–H and O–H groups in total. The molecule has 2 rings (SSSR count). The summed E-state index contributed by atoms with van der Waals surface area (Å²) in [6, 6.07) is 1.74. The predicted molar refractivity (Wildman–Crippen MR) is 107 cm³/mol. The van der Waals surface area contributed by atoms with Gasteiger partial charge in [-0.3, -0.25) is 30.3 Å². The Morgan fingerprint density at radius 2 is 1.31 bits per heavy atom. The fourth-order valence-corrected chi connectivity index (χ4v) is 3.43. The third-order valence-electron chi connectivity index (χ3n) is 5.31. The molecular weight excluding hydrogens is 384 g/mol. The number of hydrogen-bond donors (Lipinski definition) is 1. The zero-order valence-electron chi connectivity index (χ0n) is 17.3. The number of non-ortho nitro benzene ring substituents is 1. The van der Waals surface area contributed by atoms with E-state index in [4.69, 9.17) is 5.11 Å². The first-order valence-corrected chi connectivity index (χ1v) is 9.22. The number of benzene rings is 1. The second-order valence-electron chi connectivity index (χ2n) is 8.44. The van der Waals surface area contributed by atoms with Crippen molar-refractivity contribution in [1.29, 1.82) is 0 Å². The van der Waals surface area contributed by atoms with Crippen molar-refractivity contribution in [2.24, 2.45) is 11.3 Å². The maximum Gasteiger partial charge on any atom is 0.324 e. The van der Waals surface area contributed by atoms with Gasteiger partial charge in [-0.15, -0.1) is 0 Å². The van der Waals surface area contributed by atoms with E-state index in [1.165, 1.54) is 25.7 Å². The van der Waals surface area contributed by atoms with E-state index in [1.54, 1.807) is 0 Å². The number of nitro benzene ring substituents is 3. The average Bonchev–Trinajstić information content (AvgIpc) is 2.61. The van der Waals surface area contributed by atoms with E-state index in [0.29, 0.717) is 17.5 Å². The second kappa shape index (κ2) is 9.59. The molecule has 1 aliphatic rings. The molecule has 1 aliphatic carbocycles. The SMILES string of the molecule is CN(C)C1CCC(C(C)(C)C)CC1.O=[N+]([O-])c1cc([N+](=O)[O-])c(O)c([N+](=O)[O-])c1. The van der Waals surface area contributed by atoms with Crippen molar-refractivity contribution >= 4 is 17.1 Å². The van der Waals surface area contributed by atoms with Crippen LogP contribution in [-0.4, -0.2) is 44.9 Å². The number of aromatic hydroxyl groups is 1. The van der Waals surface area contributed by atoms with E-state index in [0.717, 1.165) is 12.0 Å². The lowest BCUT2D eigenvalue weighted by molar-refractivity contribution is -0.404. The quantitative estimate of drug-likeness (QED) is 0.568. The highest BCUT2D eigenvalue weighted by atomic mass is 16.6. The van der Waals surface area contributed by atoms with Crippen LogP contribution in [0.5, 0.6) is 5.75 Å². The van der Waals surface area contributed by atoms with E-state index >= 15 is 0 Å². The molecule has 0 saturated heterocycles. The molecule has 0 radical (unpaired) electrons. The summed E-state index contributed by atoms with van der Waals surface area (Å²) in [7, 11) is 4.42. The molecule has 0 aromatic heterocycles. The highest BCUT2D eigenvalue weighted by Crippen LogP contribution is 2.39. The first-order chi connectivity index (χ1) is 13.3. The van der Waals surface area contributed by atoms with Crippen LogP contribution in [0.2, 0.25) is 0 Å². The van der Waals surface area contributed by atoms with Crippen LogP contribution < -0.4 is 0 Å². The maximum atomic E-state index is 10.4. The highest BCUT2D eigenvalue weighted by Gasteiger charge is 2.31. The van der Waals surface area contributed by atoms with Crippen LogP contribution >= 0.6 is 0 Å². The van der Waals surface area contributed by atoms with Crippen molar-refractivity contribution in [1.82, 2.24) is 4.90 Å². The Morgan fingerprint density at radius 3 is 1.59 bits per heavy atom. The van der Waals surface area contributed by atoms with Gasteiger partial charge in [-0.25, -0.2) is 0 Å². The molecule has 0 bridgehead atoms. The van der Waals surface area contributed by atoms with Crippen LogP contribution in [0.15, 0.2) is 12.1 Å². The van der Waals surface area contributed by atoms with E-state index in [2.05, 4.69) is 39.8 Å². The van der Waals surface area contributed by atoms with E-state index < -0.39 is 37.6 Å². The summed E-state index contributed by atoms with van der Waals surface area (Å²) in [5.74, 6) is -0.260. The molecule has 0 atom stereocenters. The lowest BCUT2D eigenvalue weighted by atomic mass is 9.71. The first kappa shape index (κ1) is 24.2. The Labute approximate surface area is 168 Å². The van der Waals surface area contributed by atoms with Gasteiger partial charge in [0, 0.05) is 6.04 Å². The number of rotatable bonds is 4. The number of phenolic OH excluding ortho intramolecular Hbond substituents is 1. The Kier molecular flexibility index (Phi) is 8.01. The second-order valence-corrected chi connectivity index (χ2v) is 8.44. The van der Waals surface area contributed by atoms with Crippen molar-refractivity contribution in [3.05, 3.63) is 42.5 Å². The van der Waals surface area contributed by atoms with Gasteiger partial charge in [0.2, 0.25) is 0 Å². The van der Waals surface area contributed by atoms with Gasteiger partial charge in [0.1, 0.15) is 0 Å². The minimum Gasteiger partial charge on any atom is -0.497 e. The number of nitrogens with zero attached hydrogens (tertiary/aromatic N) is 4. The zero-order chi connectivity index (χ0) is 22.5. The average molecular weight is 412 g/mol. The number of phenols is 1. The summed E-state index contributed by atoms with van der Waals surface area (Å²) in [6.07, 6.45) is 5.64. The van der Waals surface area contributed by atoms with Crippen LogP contribution in [0, 0.1) is 41.7 Å². The van der Waals surface area contributed by atoms with E-state index in [1.807, 2.05) is 0 Å². The van der Waals surface area contributed by atoms with Gasteiger partial charge in [0.05, 0.1) is 26.9 Å². The standard InChI is InChI=1S/C12H25N.C6H3N3O7/c1-12(2,3)10-6-8-11(9-7-10)13(4)5;10-6-4(8(13)14)1-3(7(11)12)2-5(6)9(15)16/h10-11H,6-9H2,1-5H3;1-2,10H. The molecule has 0 heterocycles. The molecule has 1 aromatic rings. The molecule has 1 saturated carbocycles. The molecular formula is C18H28N4O7. The number of hydrogen-bond acceptors (Lipinski definition) is 8. The molecule has 1 aromatic carbocycles. The topological polar surface area (TPSA) is 153 Å². The highest BCUT2D eigenvalue weighted by molar-refractivity contribution is 5.64. The Bertz CT molecular complexity index is 731. The van der Waals surface area contributed by atoms with Gasteiger partial charge >= 0.3 is 11.4 Å². The Hall–Kier alpha value is -2.82. The summed E-state index contributed by atoms with van der Waals surface area (Å²) in [6.45, 7) is 7.15. The lowest BCUT2D eigenvalue weighted by Gasteiger charge is -2.39. The van der Waals surface area contributed by atoms with Gasteiger partial charge in [-0.1, -0.05) is 20.8 Å². The fraction of sp³-hybridized carbons (Fsp3) is 0.667. The molecule has 0 unspecified atom stereocenters. The Balaban J connectivity index is 0.000000296. The van der Waals surface area contributed by atoms with Crippen molar-refractivity contribution in [3.63, 3.8) is 0 Å². The molecule has 11 nitrogen and oxygen atoms in total. The van der Waals surface area contributed by atoms with Crippen LogP contribution in [0.1, 0.15) is 46.5 Å². The molecule has 0 amide bonds. The van der Waals surface area contributed by atoms with Gasteiger partial charge in [0.15, 0.2) is 0 Å². The van der Waals surface area contributed by atoms with Crippen LogP contribution in [-0.2, 0) is 0 Å². The predicted octanol–water partition coefficient (Wildman–Crippen LogP) is 4.27. The minimum absolute atomic E-state index is 0.447. The number of nitro groups is 3. The molecule has 11 heteroatoms. The van der Waals surface area contributed by atoms with E-state index in [9.17, 15) is 30.3 Å². The van der Waals surface area contributed by atoms with Crippen molar-refractivity contribution < 1.29 is 19.9 Å². The molecule has 0 spiro atoms. The fourth-order valence-electron chi connectivity index (χ4n) is 3.43. The van der Waals surface area contributed by atoms with Gasteiger partial charge in [-0.2, -0.15) is 0 Å². The smallest absolute Gasteiger partial charge is 0.324 e. The van der Waals surface area contributed by atoms with Crippen molar-refractivity contribution in [2.75, 3.05) is 14.1 Å². The van der Waals surface area contributed by atoms with Crippen molar-refractivity contribution in [2.45, 2.75) is 52.5 Å². The summed E-state index contributed by atoms with van der Waals surface area (Å²) >= 11 is 0. The Morgan fingerprint density at radius 1 is 0.897 bits per heavy atom. The van der Waals surface area contributed by atoms with Gasteiger partial charge in [-0.05, 0) is 51.1 Å². The molecule has 29 heavy (non-hydrogen) atoms. The van der Waals surface area contributed by atoms with Crippen molar-refractivity contribution in [3.8, 4) is 5.75 Å². The minimum atomic E-state index is -1.21. The third kappa shape index (κ3) is 6.63. The summed E-state index contributed by atoms with van der Waals surface area (Å²) in [5.41, 5.74) is -2.48. The monoisotopic (exact) mass is 412 g/mol. The lowest BCUT2D eigenvalue weighted by Crippen LogP contribution is -2.35. The summed E-state index contributed by atoms with van der Waals surface area (Å²) < 4.78 is 0. The first-order valence-electron chi connectivity index (χ1n) is 9.22. The van der Waals surface area contributed by atoms with E-state index in [-0.39, 0.29) is 0 Å². The van der Waals surface area contributed by atoms with Crippen LogP contribution in [0.4, 0.5) is 17.1 Å². The third-order valence-corrected chi connectivity index (χ3v) is 5.31. The van der Waals surface area contributed by atoms with Crippen LogP contribution in [0.3, 0.4) is 0 Å². The molecule has 162 valence electrons. The summed E-state index contributed by atoms with van der Waals surface area (Å²) in [4.78, 5) is 30.2. The zero-order valence-corrected chi connectivity index (χ0v) is 17.3. The maximum absolute atomic E-state index is 10.4. The summed E-state index contributed by atoms with van der Waals surface area (Å²) in [5, 5.41) is 40.2. The van der Waals surface area contributed by atoms with Gasteiger partial charge < -0.3 is 10.0 Å². The molecule has 0 aliphatic heterocycles.